The molecule has 5 heteroatoms. The minimum absolute atomic E-state index is 0.216. The molecule has 0 unspecified atom stereocenters. The molecule has 0 aromatic heterocycles. The van der Waals surface area contributed by atoms with Crippen LogP contribution in [0.2, 0.25) is 0 Å². The molecule has 132 valence electrons. The highest BCUT2D eigenvalue weighted by atomic mass is 16.2. The van der Waals surface area contributed by atoms with Gasteiger partial charge < -0.3 is 5.32 Å². The predicted molar refractivity (Wildman–Crippen MR) is 103 cm³/mol. The molecule has 0 saturated heterocycles. The fourth-order valence-corrected chi connectivity index (χ4v) is 3.13. The summed E-state index contributed by atoms with van der Waals surface area (Å²) in [5, 5.41) is 2.86. The summed E-state index contributed by atoms with van der Waals surface area (Å²) in [6.07, 6.45) is 0. The number of anilines is 2. The lowest BCUT2D eigenvalue weighted by atomic mass is 10.1. The maximum absolute atomic E-state index is 12.6. The Morgan fingerprint density at radius 3 is 2.00 bits per heavy atom. The fourth-order valence-electron chi connectivity index (χ4n) is 3.13. The number of carbonyl (C=O) groups excluding carboxylic acids is 3. The summed E-state index contributed by atoms with van der Waals surface area (Å²) in [7, 11) is 0. The molecule has 1 N–H and O–H groups in total. The number of benzene rings is 3. The van der Waals surface area contributed by atoms with E-state index in [-0.39, 0.29) is 17.7 Å². The average molecular weight is 356 g/mol. The first kappa shape index (κ1) is 16.7. The molecule has 0 saturated carbocycles. The largest absolute Gasteiger partial charge is 0.322 e. The van der Waals surface area contributed by atoms with Gasteiger partial charge in [0.1, 0.15) is 0 Å². The van der Waals surface area contributed by atoms with Crippen molar-refractivity contribution in [2.45, 2.75) is 6.92 Å². The number of amides is 3. The van der Waals surface area contributed by atoms with Crippen molar-refractivity contribution >= 4 is 29.1 Å². The van der Waals surface area contributed by atoms with E-state index in [1.165, 1.54) is 4.90 Å². The van der Waals surface area contributed by atoms with E-state index in [2.05, 4.69) is 5.32 Å². The standard InChI is InChI=1S/C22H16N2O3/c1-14-13-16(24-21(26)17-9-5-6-10-18(17)22(24)27)11-12-19(14)23-20(25)15-7-3-2-4-8-15/h2-13H,1H3,(H,23,25). The summed E-state index contributed by atoms with van der Waals surface area (Å²) in [5.74, 6) is -0.890. The van der Waals surface area contributed by atoms with Gasteiger partial charge >= 0.3 is 0 Å². The van der Waals surface area contributed by atoms with Crippen LogP contribution in [0, 0.1) is 6.92 Å². The topological polar surface area (TPSA) is 66.5 Å². The Hall–Kier alpha value is -3.73. The lowest BCUT2D eigenvalue weighted by Crippen LogP contribution is -2.29. The van der Waals surface area contributed by atoms with Gasteiger partial charge in [-0.1, -0.05) is 30.3 Å². The Labute approximate surface area is 156 Å². The molecule has 1 heterocycles. The van der Waals surface area contributed by atoms with E-state index in [4.69, 9.17) is 0 Å². The van der Waals surface area contributed by atoms with Gasteiger partial charge in [0.25, 0.3) is 17.7 Å². The Bertz CT molecular complexity index is 1040. The molecule has 0 fully saturated rings. The third-order valence-corrected chi connectivity index (χ3v) is 4.55. The molecule has 1 aliphatic rings. The molecule has 5 nitrogen and oxygen atoms in total. The van der Waals surface area contributed by atoms with E-state index >= 15 is 0 Å². The van der Waals surface area contributed by atoms with Crippen LogP contribution < -0.4 is 10.2 Å². The third-order valence-electron chi connectivity index (χ3n) is 4.55. The average Bonchev–Trinajstić information content (AvgIpc) is 2.95. The summed E-state index contributed by atoms with van der Waals surface area (Å²) < 4.78 is 0. The first-order chi connectivity index (χ1) is 13.1. The third kappa shape index (κ3) is 2.89. The van der Waals surface area contributed by atoms with Crippen LogP contribution in [-0.2, 0) is 0 Å². The highest BCUT2D eigenvalue weighted by molar-refractivity contribution is 6.34. The normalized spacial score (nSPS) is 12.9. The van der Waals surface area contributed by atoms with Crippen molar-refractivity contribution in [3.63, 3.8) is 0 Å². The van der Waals surface area contributed by atoms with Gasteiger partial charge in [-0.15, -0.1) is 0 Å². The van der Waals surface area contributed by atoms with Gasteiger partial charge in [0, 0.05) is 11.3 Å². The monoisotopic (exact) mass is 356 g/mol. The molecular weight excluding hydrogens is 340 g/mol. The van der Waals surface area contributed by atoms with Gasteiger partial charge in [-0.25, -0.2) is 4.90 Å². The lowest BCUT2D eigenvalue weighted by Gasteiger charge is -2.16. The van der Waals surface area contributed by atoms with E-state index in [9.17, 15) is 14.4 Å². The number of nitrogens with zero attached hydrogens (tertiary/aromatic N) is 1. The zero-order valence-electron chi connectivity index (χ0n) is 14.6. The van der Waals surface area contributed by atoms with E-state index < -0.39 is 0 Å². The van der Waals surface area contributed by atoms with Crippen molar-refractivity contribution in [2.24, 2.45) is 0 Å². The van der Waals surface area contributed by atoms with Crippen LogP contribution in [0.3, 0.4) is 0 Å². The SMILES string of the molecule is Cc1cc(N2C(=O)c3ccccc3C2=O)ccc1NC(=O)c1ccccc1. The highest BCUT2D eigenvalue weighted by Gasteiger charge is 2.36. The predicted octanol–water partition coefficient (Wildman–Crippen LogP) is 4.05. The van der Waals surface area contributed by atoms with Crippen LogP contribution >= 0.6 is 0 Å². The van der Waals surface area contributed by atoms with Crippen LogP contribution in [0.1, 0.15) is 36.6 Å². The summed E-state index contributed by atoms with van der Waals surface area (Å²) in [6.45, 7) is 1.82. The Kier molecular flexibility index (Phi) is 4.05. The number of carbonyl (C=O) groups is 3. The van der Waals surface area contributed by atoms with Crippen molar-refractivity contribution in [1.29, 1.82) is 0 Å². The zero-order chi connectivity index (χ0) is 19.0. The summed E-state index contributed by atoms with van der Waals surface area (Å²) in [6, 6.07) is 20.8. The van der Waals surface area contributed by atoms with Crippen molar-refractivity contribution in [3.8, 4) is 0 Å². The van der Waals surface area contributed by atoms with Crippen LogP contribution in [0.25, 0.3) is 0 Å². The number of hydrogen-bond donors (Lipinski definition) is 1. The van der Waals surface area contributed by atoms with Crippen molar-refractivity contribution in [1.82, 2.24) is 0 Å². The van der Waals surface area contributed by atoms with Crippen molar-refractivity contribution in [3.05, 3.63) is 95.1 Å². The Morgan fingerprint density at radius 1 is 0.815 bits per heavy atom. The first-order valence-corrected chi connectivity index (χ1v) is 8.51. The summed E-state index contributed by atoms with van der Waals surface area (Å²) in [5.41, 5.74) is 3.23. The lowest BCUT2D eigenvalue weighted by molar-refractivity contribution is 0.0924. The minimum atomic E-state index is -0.337. The molecule has 0 aliphatic carbocycles. The van der Waals surface area contributed by atoms with Crippen molar-refractivity contribution < 1.29 is 14.4 Å². The van der Waals surface area contributed by atoms with Crippen LogP contribution in [0.4, 0.5) is 11.4 Å². The first-order valence-electron chi connectivity index (χ1n) is 8.51. The molecule has 3 aromatic rings. The number of imide groups is 1. The maximum Gasteiger partial charge on any atom is 0.266 e. The second kappa shape index (κ2) is 6.53. The van der Waals surface area contributed by atoms with Gasteiger partial charge in [0.05, 0.1) is 16.8 Å². The highest BCUT2D eigenvalue weighted by Crippen LogP contribution is 2.30. The van der Waals surface area contributed by atoms with Crippen LogP contribution in [0.15, 0.2) is 72.8 Å². The molecule has 1 aliphatic heterocycles. The number of aryl methyl sites for hydroxylation is 1. The van der Waals surface area contributed by atoms with Gasteiger partial charge in [0.2, 0.25) is 0 Å². The van der Waals surface area contributed by atoms with Crippen LogP contribution in [-0.4, -0.2) is 17.7 Å². The number of fused-ring (bicyclic) bond motifs is 1. The summed E-state index contributed by atoms with van der Waals surface area (Å²) >= 11 is 0. The van der Waals surface area contributed by atoms with Gasteiger partial charge in [0.15, 0.2) is 0 Å². The zero-order valence-corrected chi connectivity index (χ0v) is 14.6. The molecule has 3 aromatic carbocycles. The number of rotatable bonds is 3. The maximum atomic E-state index is 12.6. The van der Waals surface area contributed by atoms with Crippen LogP contribution in [0.5, 0.6) is 0 Å². The molecule has 4 rings (SSSR count). The smallest absolute Gasteiger partial charge is 0.266 e. The van der Waals surface area contributed by atoms with E-state index in [1.807, 2.05) is 13.0 Å². The van der Waals surface area contributed by atoms with Crippen molar-refractivity contribution in [2.75, 3.05) is 10.2 Å². The molecular formula is C22H16N2O3. The second-order valence-electron chi connectivity index (χ2n) is 6.31. The van der Waals surface area contributed by atoms with E-state index in [0.29, 0.717) is 28.1 Å². The van der Waals surface area contributed by atoms with Gasteiger partial charge in [-0.05, 0) is 55.0 Å². The van der Waals surface area contributed by atoms with E-state index in [1.54, 1.807) is 66.7 Å². The molecule has 0 spiro atoms. The Balaban J connectivity index is 1.61. The fraction of sp³-hybridized carbons (Fsp3) is 0.0455. The second-order valence-corrected chi connectivity index (χ2v) is 6.31. The summed E-state index contributed by atoms with van der Waals surface area (Å²) in [4.78, 5) is 38.7. The molecule has 0 bridgehead atoms. The van der Waals surface area contributed by atoms with Gasteiger partial charge in [-0.2, -0.15) is 0 Å². The van der Waals surface area contributed by atoms with Gasteiger partial charge in [-0.3, -0.25) is 14.4 Å². The molecule has 0 atom stereocenters. The number of nitrogens with one attached hydrogen (secondary N) is 1. The molecule has 27 heavy (non-hydrogen) atoms. The quantitative estimate of drug-likeness (QED) is 0.720. The van der Waals surface area contributed by atoms with E-state index in [0.717, 1.165) is 5.56 Å². The Morgan fingerprint density at radius 2 is 1.41 bits per heavy atom. The number of hydrogen-bond acceptors (Lipinski definition) is 3. The molecule has 3 amide bonds. The minimum Gasteiger partial charge on any atom is -0.322 e. The molecule has 0 radical (unpaired) electrons.